The van der Waals surface area contributed by atoms with Crippen molar-refractivity contribution in [3.05, 3.63) is 74.1 Å². The SMILES string of the molecule is CCCCN(Cc1cc(=O)n2ccsc2n1)Cc1nc2ccccc2c(=O)[nH]1. The summed E-state index contributed by atoms with van der Waals surface area (Å²) in [5, 5.41) is 2.44. The molecule has 4 rings (SSSR count). The van der Waals surface area contributed by atoms with Crippen LogP contribution in [0.5, 0.6) is 0 Å². The number of hydrogen-bond donors (Lipinski definition) is 1. The molecule has 4 aromatic rings. The van der Waals surface area contributed by atoms with Crippen LogP contribution in [0.2, 0.25) is 0 Å². The summed E-state index contributed by atoms with van der Waals surface area (Å²) in [6, 6.07) is 8.90. The Morgan fingerprint density at radius 1 is 1.18 bits per heavy atom. The minimum Gasteiger partial charge on any atom is -0.309 e. The lowest BCUT2D eigenvalue weighted by Crippen LogP contribution is -2.28. The summed E-state index contributed by atoms with van der Waals surface area (Å²) in [6.07, 6.45) is 3.80. The van der Waals surface area contributed by atoms with E-state index in [2.05, 4.69) is 26.8 Å². The zero-order valence-electron chi connectivity index (χ0n) is 15.6. The first kappa shape index (κ1) is 18.5. The first-order valence-corrected chi connectivity index (χ1v) is 10.2. The van der Waals surface area contributed by atoms with Crippen molar-refractivity contribution in [2.75, 3.05) is 6.54 Å². The molecule has 0 atom stereocenters. The maximum atomic E-state index is 12.3. The van der Waals surface area contributed by atoms with Crippen LogP contribution < -0.4 is 11.1 Å². The van der Waals surface area contributed by atoms with E-state index >= 15 is 0 Å². The van der Waals surface area contributed by atoms with Crippen LogP contribution in [0.15, 0.2) is 51.5 Å². The number of fused-ring (bicyclic) bond motifs is 2. The van der Waals surface area contributed by atoms with Gasteiger partial charge in [0.25, 0.3) is 11.1 Å². The van der Waals surface area contributed by atoms with Gasteiger partial charge in [-0.25, -0.2) is 9.97 Å². The second-order valence-electron chi connectivity index (χ2n) is 6.74. The highest BCUT2D eigenvalue weighted by Crippen LogP contribution is 2.12. The van der Waals surface area contributed by atoms with Gasteiger partial charge in [0.15, 0.2) is 4.96 Å². The second-order valence-corrected chi connectivity index (χ2v) is 7.61. The monoisotopic (exact) mass is 395 g/mol. The van der Waals surface area contributed by atoms with Crippen molar-refractivity contribution in [3.63, 3.8) is 0 Å². The molecular formula is C20H21N5O2S. The van der Waals surface area contributed by atoms with Gasteiger partial charge >= 0.3 is 0 Å². The van der Waals surface area contributed by atoms with Crippen LogP contribution in [0.1, 0.15) is 31.3 Å². The summed E-state index contributed by atoms with van der Waals surface area (Å²) in [5.74, 6) is 0.619. The number of rotatable bonds is 7. The number of aromatic nitrogens is 4. The molecule has 0 amide bonds. The largest absolute Gasteiger partial charge is 0.309 e. The molecule has 28 heavy (non-hydrogen) atoms. The molecule has 0 aliphatic heterocycles. The van der Waals surface area contributed by atoms with Crippen LogP contribution >= 0.6 is 11.3 Å². The van der Waals surface area contributed by atoms with Gasteiger partial charge in [-0.05, 0) is 25.1 Å². The van der Waals surface area contributed by atoms with Crippen molar-refractivity contribution in [2.24, 2.45) is 0 Å². The van der Waals surface area contributed by atoms with Crippen molar-refractivity contribution >= 4 is 27.2 Å². The highest BCUT2D eigenvalue weighted by Gasteiger charge is 2.12. The Bertz CT molecular complexity index is 1230. The van der Waals surface area contributed by atoms with E-state index in [9.17, 15) is 9.59 Å². The maximum absolute atomic E-state index is 12.3. The van der Waals surface area contributed by atoms with Crippen LogP contribution in [0.4, 0.5) is 0 Å². The molecule has 0 saturated carbocycles. The van der Waals surface area contributed by atoms with Crippen LogP contribution in [0.25, 0.3) is 15.9 Å². The summed E-state index contributed by atoms with van der Waals surface area (Å²) >= 11 is 1.44. The number of benzene rings is 1. The summed E-state index contributed by atoms with van der Waals surface area (Å²) in [6.45, 7) is 3.99. The molecule has 0 unspecified atom stereocenters. The lowest BCUT2D eigenvalue weighted by Gasteiger charge is -2.21. The van der Waals surface area contributed by atoms with Gasteiger partial charge in [-0.1, -0.05) is 25.5 Å². The van der Waals surface area contributed by atoms with Gasteiger partial charge in [0, 0.05) is 24.2 Å². The van der Waals surface area contributed by atoms with Crippen molar-refractivity contribution in [3.8, 4) is 0 Å². The fourth-order valence-electron chi connectivity index (χ4n) is 3.22. The lowest BCUT2D eigenvalue weighted by atomic mass is 10.2. The third-order valence-corrected chi connectivity index (χ3v) is 5.36. The van der Waals surface area contributed by atoms with E-state index < -0.39 is 0 Å². The molecule has 3 heterocycles. The van der Waals surface area contributed by atoms with Crippen molar-refractivity contribution in [1.29, 1.82) is 0 Å². The Kier molecular flexibility index (Phi) is 5.31. The van der Waals surface area contributed by atoms with E-state index in [1.54, 1.807) is 22.7 Å². The number of nitrogens with zero attached hydrogens (tertiary/aromatic N) is 4. The molecule has 0 spiro atoms. The highest BCUT2D eigenvalue weighted by molar-refractivity contribution is 7.15. The Labute approximate surface area is 165 Å². The van der Waals surface area contributed by atoms with Crippen LogP contribution in [-0.2, 0) is 13.1 Å². The first-order valence-electron chi connectivity index (χ1n) is 9.30. The zero-order valence-corrected chi connectivity index (χ0v) is 16.4. The molecule has 0 aliphatic rings. The minimum absolute atomic E-state index is 0.0751. The van der Waals surface area contributed by atoms with Crippen molar-refractivity contribution < 1.29 is 0 Å². The predicted octanol–water partition coefficient (Wildman–Crippen LogP) is 2.79. The number of nitrogens with one attached hydrogen (secondary N) is 1. The minimum atomic E-state index is -0.132. The second kappa shape index (κ2) is 8.04. The molecule has 8 heteroatoms. The normalized spacial score (nSPS) is 11.6. The average molecular weight is 395 g/mol. The van der Waals surface area contributed by atoms with Gasteiger partial charge in [0.2, 0.25) is 0 Å². The number of H-pyrrole nitrogens is 1. The van der Waals surface area contributed by atoms with Crippen molar-refractivity contribution in [1.82, 2.24) is 24.3 Å². The van der Waals surface area contributed by atoms with Gasteiger partial charge in [-0.15, -0.1) is 11.3 Å². The molecular weight excluding hydrogens is 374 g/mol. The summed E-state index contributed by atoms with van der Waals surface area (Å²) in [4.78, 5) is 39.6. The smallest absolute Gasteiger partial charge is 0.258 e. The molecule has 1 aromatic carbocycles. The fraction of sp³-hybridized carbons (Fsp3) is 0.300. The number of unbranched alkanes of at least 4 members (excludes halogenated alkanes) is 1. The summed E-state index contributed by atoms with van der Waals surface area (Å²) < 4.78 is 1.55. The van der Waals surface area contributed by atoms with Crippen LogP contribution in [-0.4, -0.2) is 30.8 Å². The molecule has 3 aromatic heterocycles. The third kappa shape index (κ3) is 3.88. The Morgan fingerprint density at radius 2 is 2.04 bits per heavy atom. The fourth-order valence-corrected chi connectivity index (χ4v) is 3.95. The average Bonchev–Trinajstić information content (AvgIpc) is 3.15. The molecule has 0 fully saturated rings. The zero-order chi connectivity index (χ0) is 19.5. The quantitative estimate of drug-likeness (QED) is 0.520. The van der Waals surface area contributed by atoms with Gasteiger partial charge in [0.1, 0.15) is 5.82 Å². The van der Waals surface area contributed by atoms with Crippen molar-refractivity contribution in [2.45, 2.75) is 32.9 Å². The van der Waals surface area contributed by atoms with Gasteiger partial charge in [0.05, 0.1) is 23.1 Å². The molecule has 0 bridgehead atoms. The third-order valence-electron chi connectivity index (χ3n) is 4.61. The number of para-hydroxylation sites is 1. The predicted molar refractivity (Wildman–Crippen MR) is 111 cm³/mol. The summed E-state index contributed by atoms with van der Waals surface area (Å²) in [5.41, 5.74) is 1.21. The van der Waals surface area contributed by atoms with Crippen LogP contribution in [0.3, 0.4) is 0 Å². The Morgan fingerprint density at radius 3 is 2.89 bits per heavy atom. The topological polar surface area (TPSA) is 83.4 Å². The van der Waals surface area contributed by atoms with E-state index in [1.165, 1.54) is 11.3 Å². The van der Waals surface area contributed by atoms with E-state index in [-0.39, 0.29) is 11.1 Å². The molecule has 7 nitrogen and oxygen atoms in total. The molecule has 0 saturated heterocycles. The number of aromatic amines is 1. The standard InChI is InChI=1S/C20H21N5O2S/c1-2-3-8-24(12-14-11-18(26)25-9-10-28-20(25)21-14)13-17-22-16-7-5-4-6-15(16)19(27)23-17/h4-7,9-11H,2-3,8,12-13H2,1H3,(H,22,23,27). The van der Waals surface area contributed by atoms with Gasteiger partial charge in [-0.2, -0.15) is 0 Å². The summed E-state index contributed by atoms with van der Waals surface area (Å²) in [7, 11) is 0. The molecule has 144 valence electrons. The van der Waals surface area contributed by atoms with E-state index in [4.69, 9.17) is 0 Å². The Balaban J connectivity index is 1.62. The van der Waals surface area contributed by atoms with Crippen LogP contribution in [0, 0.1) is 0 Å². The maximum Gasteiger partial charge on any atom is 0.258 e. The van der Waals surface area contributed by atoms with E-state index in [0.717, 1.165) is 25.1 Å². The molecule has 0 aliphatic carbocycles. The molecule has 1 N–H and O–H groups in total. The lowest BCUT2D eigenvalue weighted by molar-refractivity contribution is 0.243. The highest BCUT2D eigenvalue weighted by atomic mass is 32.1. The Hall–Kier alpha value is -2.84. The van der Waals surface area contributed by atoms with Gasteiger partial charge < -0.3 is 4.98 Å². The van der Waals surface area contributed by atoms with E-state index in [1.807, 2.05) is 23.6 Å². The number of hydrogen-bond acceptors (Lipinski definition) is 6. The van der Waals surface area contributed by atoms with E-state index in [0.29, 0.717) is 34.8 Å². The molecule has 0 radical (unpaired) electrons. The van der Waals surface area contributed by atoms with Gasteiger partial charge in [-0.3, -0.25) is 18.9 Å². The number of thiazole rings is 1. The first-order chi connectivity index (χ1) is 13.6.